The van der Waals surface area contributed by atoms with Gasteiger partial charge in [-0.1, -0.05) is 16.8 Å². The Balaban J connectivity index is 1.73. The Morgan fingerprint density at radius 3 is 2.73 bits per heavy atom. The topological polar surface area (TPSA) is 92.2 Å². The molecule has 1 saturated heterocycles. The van der Waals surface area contributed by atoms with E-state index in [4.69, 9.17) is 11.6 Å². The van der Waals surface area contributed by atoms with Gasteiger partial charge >= 0.3 is 0 Å². The smallest absolute Gasteiger partial charge is 0.277 e. The lowest BCUT2D eigenvalue weighted by atomic mass is 10.1. The maximum Gasteiger partial charge on any atom is 0.277 e. The largest absolute Gasteiger partial charge is 0.345 e. The summed E-state index contributed by atoms with van der Waals surface area (Å²) in [6, 6.07) is 5.04. The van der Waals surface area contributed by atoms with Crippen LogP contribution in [0.4, 0.5) is 5.69 Å². The number of piperidine rings is 1. The average Bonchev–Trinajstić information content (AvgIpc) is 3.13. The van der Waals surface area contributed by atoms with Crippen LogP contribution in [0.2, 0.25) is 5.02 Å². The third-order valence-corrected chi connectivity index (χ3v) is 4.62. The van der Waals surface area contributed by atoms with Crippen LogP contribution in [0.25, 0.3) is 0 Å². The number of carbonyl (C=O) groups excluding carboxylic acids is 2. The van der Waals surface area contributed by atoms with Gasteiger partial charge in [0.2, 0.25) is 0 Å². The molecule has 1 aliphatic rings. The Morgan fingerprint density at radius 2 is 2.04 bits per heavy atom. The number of nitrogens with one attached hydrogen (secondary N) is 2. The number of anilines is 1. The summed E-state index contributed by atoms with van der Waals surface area (Å²) in [4.78, 5) is 26.0. The molecule has 0 bridgehead atoms. The molecule has 0 aliphatic carbocycles. The molecule has 1 aromatic carbocycles. The fourth-order valence-electron chi connectivity index (χ4n) is 2.83. The maximum absolute atomic E-state index is 12.4. The number of halogens is 1. The minimum atomic E-state index is -0.379. The van der Waals surface area contributed by atoms with E-state index in [1.165, 1.54) is 4.90 Å². The van der Waals surface area contributed by atoms with E-state index in [2.05, 4.69) is 20.9 Å². The average molecular weight is 377 g/mol. The number of benzene rings is 1. The Kier molecular flexibility index (Phi) is 5.53. The van der Waals surface area contributed by atoms with Crippen LogP contribution in [0.1, 0.15) is 39.7 Å². The van der Waals surface area contributed by atoms with Crippen molar-refractivity contribution >= 4 is 29.1 Å². The van der Waals surface area contributed by atoms with Crippen LogP contribution >= 0.6 is 11.6 Å². The molecular weight excluding hydrogens is 356 g/mol. The summed E-state index contributed by atoms with van der Waals surface area (Å²) < 4.78 is 1.75. The van der Waals surface area contributed by atoms with Gasteiger partial charge in [-0.2, -0.15) is 0 Å². The number of hydrogen-bond donors (Lipinski definition) is 2. The molecular formula is C17H21ClN6O2. The van der Waals surface area contributed by atoms with Crippen LogP contribution in [0.3, 0.4) is 0 Å². The molecule has 1 fully saturated rings. The lowest BCUT2D eigenvalue weighted by Gasteiger charge is -2.22. The van der Waals surface area contributed by atoms with Crippen LogP contribution < -0.4 is 10.6 Å². The number of amides is 2. The lowest BCUT2D eigenvalue weighted by molar-refractivity contribution is 0.0827. The molecule has 26 heavy (non-hydrogen) atoms. The molecule has 0 radical (unpaired) electrons. The van der Waals surface area contributed by atoms with E-state index in [1.54, 1.807) is 43.2 Å². The van der Waals surface area contributed by atoms with Gasteiger partial charge in [0.05, 0.1) is 22.8 Å². The van der Waals surface area contributed by atoms with Gasteiger partial charge in [-0.05, 0) is 44.1 Å². The summed E-state index contributed by atoms with van der Waals surface area (Å²) in [5.74, 6) is -0.612. The van der Waals surface area contributed by atoms with Crippen molar-refractivity contribution in [1.82, 2.24) is 25.2 Å². The fraction of sp³-hybridized carbons (Fsp3) is 0.412. The Hall–Kier alpha value is -2.45. The third kappa shape index (κ3) is 4.03. The molecule has 3 rings (SSSR count). The van der Waals surface area contributed by atoms with Crippen LogP contribution in [0.15, 0.2) is 24.4 Å². The van der Waals surface area contributed by atoms with E-state index in [0.29, 0.717) is 16.3 Å². The Morgan fingerprint density at radius 1 is 1.31 bits per heavy atom. The first-order valence-electron chi connectivity index (χ1n) is 8.41. The van der Waals surface area contributed by atoms with E-state index in [0.717, 1.165) is 25.9 Å². The first kappa shape index (κ1) is 18.3. The number of nitrogens with zero attached hydrogens (tertiary/aromatic N) is 4. The molecule has 2 aromatic rings. The summed E-state index contributed by atoms with van der Waals surface area (Å²) in [5.41, 5.74) is 1.04. The quantitative estimate of drug-likeness (QED) is 0.849. The van der Waals surface area contributed by atoms with Crippen molar-refractivity contribution in [1.29, 1.82) is 0 Å². The summed E-state index contributed by atoms with van der Waals surface area (Å²) in [6.45, 7) is 1.86. The highest BCUT2D eigenvalue weighted by Crippen LogP contribution is 2.22. The second-order valence-corrected chi connectivity index (χ2v) is 6.82. The van der Waals surface area contributed by atoms with E-state index < -0.39 is 0 Å². The molecule has 0 saturated carbocycles. The number of rotatable bonds is 4. The zero-order chi connectivity index (χ0) is 18.7. The fourth-order valence-corrected chi connectivity index (χ4v) is 3.03. The van der Waals surface area contributed by atoms with Crippen molar-refractivity contribution in [2.24, 2.45) is 0 Å². The Labute approximate surface area is 156 Å². The van der Waals surface area contributed by atoms with Gasteiger partial charge in [-0.15, -0.1) is 5.10 Å². The number of aromatic nitrogens is 3. The van der Waals surface area contributed by atoms with Gasteiger partial charge in [-0.3, -0.25) is 9.59 Å². The summed E-state index contributed by atoms with van der Waals surface area (Å²) >= 11 is 6.09. The third-order valence-electron chi connectivity index (χ3n) is 4.29. The predicted molar refractivity (Wildman–Crippen MR) is 98.6 cm³/mol. The van der Waals surface area contributed by atoms with Crippen molar-refractivity contribution in [2.75, 3.05) is 32.5 Å². The molecule has 9 heteroatoms. The van der Waals surface area contributed by atoms with Crippen molar-refractivity contribution in [2.45, 2.75) is 18.9 Å². The first-order valence-corrected chi connectivity index (χ1v) is 8.78. The zero-order valence-electron chi connectivity index (χ0n) is 14.7. The molecule has 1 aromatic heterocycles. The molecule has 0 atom stereocenters. The highest BCUT2D eigenvalue weighted by Gasteiger charge is 2.19. The van der Waals surface area contributed by atoms with Crippen LogP contribution in [-0.4, -0.2) is 58.9 Å². The highest BCUT2D eigenvalue weighted by molar-refractivity contribution is 6.34. The van der Waals surface area contributed by atoms with Crippen molar-refractivity contribution in [3.05, 3.63) is 40.7 Å². The molecule has 8 nitrogen and oxygen atoms in total. The van der Waals surface area contributed by atoms with Crippen LogP contribution in [0.5, 0.6) is 0 Å². The maximum atomic E-state index is 12.4. The van der Waals surface area contributed by atoms with Gasteiger partial charge in [-0.25, -0.2) is 4.68 Å². The van der Waals surface area contributed by atoms with Gasteiger partial charge in [0, 0.05) is 19.8 Å². The van der Waals surface area contributed by atoms with E-state index in [1.807, 2.05) is 0 Å². The van der Waals surface area contributed by atoms with E-state index in [9.17, 15) is 9.59 Å². The predicted octanol–water partition coefficient (Wildman–Crippen LogP) is 1.81. The molecule has 2 amide bonds. The van der Waals surface area contributed by atoms with E-state index in [-0.39, 0.29) is 23.6 Å². The summed E-state index contributed by atoms with van der Waals surface area (Å²) in [7, 11) is 3.28. The van der Waals surface area contributed by atoms with Gasteiger partial charge in [0.15, 0.2) is 5.69 Å². The van der Waals surface area contributed by atoms with Gasteiger partial charge < -0.3 is 15.5 Å². The standard InChI is InChI=1S/C17H21ClN6O2/c1-23(2)17(26)13-9-11(3-4-14(13)18)20-16(25)15-10-24(22-21-15)12-5-7-19-8-6-12/h3-4,9-10,12,19H,5-8H2,1-2H3,(H,20,25). The van der Waals surface area contributed by atoms with Gasteiger partial charge in [0.25, 0.3) is 11.8 Å². The van der Waals surface area contributed by atoms with Gasteiger partial charge in [0.1, 0.15) is 0 Å². The zero-order valence-corrected chi connectivity index (χ0v) is 15.5. The van der Waals surface area contributed by atoms with Crippen LogP contribution in [-0.2, 0) is 0 Å². The van der Waals surface area contributed by atoms with Crippen molar-refractivity contribution < 1.29 is 9.59 Å². The molecule has 138 valence electrons. The minimum Gasteiger partial charge on any atom is -0.345 e. The molecule has 0 unspecified atom stereocenters. The normalized spacial score (nSPS) is 14.9. The first-order chi connectivity index (χ1) is 12.5. The van der Waals surface area contributed by atoms with Crippen molar-refractivity contribution in [3.8, 4) is 0 Å². The van der Waals surface area contributed by atoms with Crippen molar-refractivity contribution in [3.63, 3.8) is 0 Å². The second kappa shape index (κ2) is 7.84. The summed E-state index contributed by atoms with van der Waals surface area (Å²) in [6.07, 6.45) is 3.57. The highest BCUT2D eigenvalue weighted by atomic mass is 35.5. The monoisotopic (exact) mass is 376 g/mol. The lowest BCUT2D eigenvalue weighted by Crippen LogP contribution is -2.29. The minimum absolute atomic E-state index is 0.233. The molecule has 2 heterocycles. The molecule has 1 aliphatic heterocycles. The number of carbonyl (C=O) groups is 2. The second-order valence-electron chi connectivity index (χ2n) is 6.41. The number of hydrogen-bond acceptors (Lipinski definition) is 5. The summed E-state index contributed by atoms with van der Waals surface area (Å²) in [5, 5.41) is 14.4. The van der Waals surface area contributed by atoms with Crippen LogP contribution in [0, 0.1) is 0 Å². The Bertz CT molecular complexity index is 813. The molecule has 2 N–H and O–H groups in total. The SMILES string of the molecule is CN(C)C(=O)c1cc(NC(=O)c2cn(C3CCNCC3)nn2)ccc1Cl. The van der Waals surface area contributed by atoms with E-state index >= 15 is 0 Å². The molecule has 0 spiro atoms.